The molecule has 0 bridgehead atoms. The summed E-state index contributed by atoms with van der Waals surface area (Å²) >= 11 is 0. The van der Waals surface area contributed by atoms with Gasteiger partial charge >= 0.3 is 0 Å². The smallest absolute Gasteiger partial charge is 0.224 e. The summed E-state index contributed by atoms with van der Waals surface area (Å²) in [7, 11) is 0. The number of amides is 1. The largest absolute Gasteiger partial charge is 0.491 e. The normalized spacial score (nSPS) is 15.8. The summed E-state index contributed by atoms with van der Waals surface area (Å²) in [6, 6.07) is 13.4. The van der Waals surface area contributed by atoms with E-state index >= 15 is 0 Å². The van der Waals surface area contributed by atoms with Gasteiger partial charge in [-0.15, -0.1) is 12.4 Å². The average Bonchev–Trinajstić information content (AvgIpc) is 3.14. The molecule has 1 fully saturated rings. The number of hydrogen-bond donors (Lipinski definition) is 2. The molecule has 5 nitrogen and oxygen atoms in total. The highest BCUT2D eigenvalue weighted by molar-refractivity contribution is 5.85. The number of anilines is 1. The zero-order chi connectivity index (χ0) is 18.4. The van der Waals surface area contributed by atoms with E-state index in [2.05, 4.69) is 5.32 Å². The zero-order valence-corrected chi connectivity index (χ0v) is 16.4. The minimum Gasteiger partial charge on any atom is -0.491 e. The van der Waals surface area contributed by atoms with Crippen LogP contribution in [0, 0.1) is 6.92 Å². The van der Waals surface area contributed by atoms with E-state index in [1.165, 1.54) is 0 Å². The topological polar surface area (TPSA) is 73.6 Å². The lowest BCUT2D eigenvalue weighted by molar-refractivity contribution is -0.120. The molecule has 3 N–H and O–H groups in total. The van der Waals surface area contributed by atoms with Gasteiger partial charge in [-0.25, -0.2) is 0 Å². The van der Waals surface area contributed by atoms with Crippen molar-refractivity contribution in [2.75, 3.05) is 18.9 Å². The van der Waals surface area contributed by atoms with E-state index in [0.29, 0.717) is 25.3 Å². The van der Waals surface area contributed by atoms with Crippen LogP contribution in [0.3, 0.4) is 0 Å². The van der Waals surface area contributed by atoms with Crippen LogP contribution < -0.4 is 15.8 Å². The summed E-state index contributed by atoms with van der Waals surface area (Å²) in [6.07, 6.45) is 2.64. The Kier molecular flexibility index (Phi) is 7.95. The Balaban J connectivity index is 0.00000261. The maximum atomic E-state index is 12.2. The molecule has 146 valence electrons. The first-order valence-corrected chi connectivity index (χ1v) is 9.05. The van der Waals surface area contributed by atoms with Gasteiger partial charge in [0.05, 0.1) is 12.5 Å². The molecule has 27 heavy (non-hydrogen) atoms. The van der Waals surface area contributed by atoms with Crippen LogP contribution >= 0.6 is 12.4 Å². The Bertz CT molecular complexity index is 744. The Morgan fingerprint density at radius 3 is 2.74 bits per heavy atom. The molecule has 0 aromatic heterocycles. The van der Waals surface area contributed by atoms with Crippen molar-refractivity contribution in [3.8, 4) is 5.75 Å². The Morgan fingerprint density at radius 1 is 1.26 bits per heavy atom. The number of carbonyl (C=O) groups excluding carboxylic acids is 1. The van der Waals surface area contributed by atoms with Crippen LogP contribution in [0.2, 0.25) is 0 Å². The third-order valence-corrected chi connectivity index (χ3v) is 4.49. The molecule has 1 unspecified atom stereocenters. The molecule has 0 spiro atoms. The fourth-order valence-electron chi connectivity index (χ4n) is 2.98. The van der Waals surface area contributed by atoms with Crippen LogP contribution in [0.25, 0.3) is 0 Å². The SMILES string of the molecule is Cc1ccc(CNC(=O)Cc2ccc(N)cc2)c(OCC2CCCO2)c1.Cl. The minimum absolute atomic E-state index is 0. The Morgan fingerprint density at radius 2 is 2.04 bits per heavy atom. The summed E-state index contributed by atoms with van der Waals surface area (Å²) in [5, 5.41) is 2.97. The number of nitrogens with two attached hydrogens (primary N) is 1. The Labute approximate surface area is 166 Å². The fraction of sp³-hybridized carbons (Fsp3) is 0.381. The van der Waals surface area contributed by atoms with Crippen molar-refractivity contribution in [3.63, 3.8) is 0 Å². The number of nitrogens with one attached hydrogen (secondary N) is 1. The Hall–Kier alpha value is -2.24. The summed E-state index contributed by atoms with van der Waals surface area (Å²) in [5.74, 6) is 0.786. The van der Waals surface area contributed by atoms with Crippen molar-refractivity contribution < 1.29 is 14.3 Å². The van der Waals surface area contributed by atoms with E-state index < -0.39 is 0 Å². The van der Waals surface area contributed by atoms with Crippen molar-refractivity contribution >= 4 is 24.0 Å². The summed E-state index contributed by atoms with van der Waals surface area (Å²) < 4.78 is 11.6. The first-order valence-electron chi connectivity index (χ1n) is 9.05. The minimum atomic E-state index is -0.0274. The predicted octanol–water partition coefficient (Wildman–Crippen LogP) is 3.42. The van der Waals surface area contributed by atoms with Crippen molar-refractivity contribution in [1.29, 1.82) is 0 Å². The molecule has 6 heteroatoms. The van der Waals surface area contributed by atoms with Crippen molar-refractivity contribution in [1.82, 2.24) is 5.32 Å². The highest BCUT2D eigenvalue weighted by atomic mass is 35.5. The van der Waals surface area contributed by atoms with Crippen LogP contribution in [0.5, 0.6) is 5.75 Å². The summed E-state index contributed by atoms with van der Waals surface area (Å²) in [4.78, 5) is 12.2. The van der Waals surface area contributed by atoms with E-state index in [0.717, 1.165) is 41.9 Å². The molecule has 0 aliphatic carbocycles. The van der Waals surface area contributed by atoms with Crippen molar-refractivity contribution in [3.05, 3.63) is 59.2 Å². The number of aryl methyl sites for hydroxylation is 1. The van der Waals surface area contributed by atoms with Gasteiger partial charge in [-0.2, -0.15) is 0 Å². The van der Waals surface area contributed by atoms with E-state index in [1.807, 2.05) is 37.3 Å². The van der Waals surface area contributed by atoms with Gasteiger partial charge < -0.3 is 20.5 Å². The third-order valence-electron chi connectivity index (χ3n) is 4.49. The lowest BCUT2D eigenvalue weighted by Gasteiger charge is -2.16. The van der Waals surface area contributed by atoms with Gasteiger partial charge in [0.2, 0.25) is 5.91 Å². The molecule has 2 aromatic rings. The van der Waals surface area contributed by atoms with E-state index in [9.17, 15) is 4.79 Å². The van der Waals surface area contributed by atoms with E-state index in [1.54, 1.807) is 12.1 Å². The summed E-state index contributed by atoms with van der Waals surface area (Å²) in [5.41, 5.74) is 9.41. The van der Waals surface area contributed by atoms with Gasteiger partial charge in [-0.05, 0) is 49.1 Å². The number of carbonyl (C=O) groups is 1. The fourth-order valence-corrected chi connectivity index (χ4v) is 2.98. The lowest BCUT2D eigenvalue weighted by Crippen LogP contribution is -2.25. The van der Waals surface area contributed by atoms with Crippen LogP contribution in [0.1, 0.15) is 29.5 Å². The van der Waals surface area contributed by atoms with Crippen LogP contribution in [-0.2, 0) is 22.5 Å². The van der Waals surface area contributed by atoms with Gasteiger partial charge in [0.25, 0.3) is 0 Å². The van der Waals surface area contributed by atoms with Gasteiger partial charge in [-0.1, -0.05) is 24.3 Å². The van der Waals surface area contributed by atoms with Crippen molar-refractivity contribution in [2.45, 2.75) is 38.8 Å². The second-order valence-electron chi connectivity index (χ2n) is 6.75. The number of ether oxygens (including phenoxy) is 2. The first-order chi connectivity index (χ1) is 12.6. The summed E-state index contributed by atoms with van der Waals surface area (Å²) in [6.45, 7) is 3.84. The standard InChI is InChI=1S/C21H26N2O3.ClH/c1-15-4-7-17(20(11-15)26-14-19-3-2-10-25-19)13-23-21(24)12-16-5-8-18(22)9-6-16;/h4-9,11,19H,2-3,10,12-14,22H2,1H3,(H,23,24);1H. The molecule has 1 saturated heterocycles. The number of hydrogen-bond acceptors (Lipinski definition) is 4. The molecule has 1 amide bonds. The quantitative estimate of drug-likeness (QED) is 0.710. The first kappa shape index (κ1) is 21.1. The highest BCUT2D eigenvalue weighted by Gasteiger charge is 2.17. The molecule has 0 saturated carbocycles. The third kappa shape index (κ3) is 6.45. The molecule has 1 aliphatic rings. The average molecular weight is 391 g/mol. The molecular formula is C21H27ClN2O3. The predicted molar refractivity (Wildman–Crippen MR) is 109 cm³/mol. The molecule has 1 aliphatic heterocycles. The van der Waals surface area contributed by atoms with E-state index in [4.69, 9.17) is 15.2 Å². The zero-order valence-electron chi connectivity index (χ0n) is 15.6. The molecule has 2 aromatic carbocycles. The molecule has 1 heterocycles. The second kappa shape index (κ2) is 10.2. The number of rotatable bonds is 7. The number of nitrogen functional groups attached to an aromatic ring is 1. The van der Waals surface area contributed by atoms with E-state index in [-0.39, 0.29) is 24.4 Å². The monoisotopic (exact) mass is 390 g/mol. The maximum Gasteiger partial charge on any atom is 0.224 e. The van der Waals surface area contributed by atoms with Gasteiger partial charge in [0.1, 0.15) is 12.4 Å². The van der Waals surface area contributed by atoms with Gasteiger partial charge in [0, 0.05) is 24.4 Å². The molecule has 3 rings (SSSR count). The van der Waals surface area contributed by atoms with Crippen molar-refractivity contribution in [2.24, 2.45) is 0 Å². The van der Waals surface area contributed by atoms with Gasteiger partial charge in [0.15, 0.2) is 0 Å². The van der Waals surface area contributed by atoms with Crippen LogP contribution in [0.4, 0.5) is 5.69 Å². The van der Waals surface area contributed by atoms with Gasteiger partial charge in [-0.3, -0.25) is 4.79 Å². The number of halogens is 1. The van der Waals surface area contributed by atoms with Crippen LogP contribution in [-0.4, -0.2) is 25.2 Å². The lowest BCUT2D eigenvalue weighted by atomic mass is 10.1. The van der Waals surface area contributed by atoms with Crippen LogP contribution in [0.15, 0.2) is 42.5 Å². The molecular weight excluding hydrogens is 364 g/mol. The second-order valence-corrected chi connectivity index (χ2v) is 6.75. The molecule has 0 radical (unpaired) electrons. The highest BCUT2D eigenvalue weighted by Crippen LogP contribution is 2.22. The maximum absolute atomic E-state index is 12.2. The number of benzene rings is 2. The molecule has 1 atom stereocenters.